The predicted octanol–water partition coefficient (Wildman–Crippen LogP) is 2.19. The zero-order chi connectivity index (χ0) is 17.4. The number of benzene rings is 1. The van der Waals surface area contributed by atoms with Gasteiger partial charge in [-0.2, -0.15) is 0 Å². The smallest absolute Gasteiger partial charge is 0.326 e. The number of carbonyl (C=O) groups excluding carboxylic acids is 2. The summed E-state index contributed by atoms with van der Waals surface area (Å²) in [6.45, 7) is 4.73. The zero-order valence-corrected chi connectivity index (χ0v) is 13.4. The Labute approximate surface area is 135 Å². The molecule has 0 aliphatic heterocycles. The fraction of sp³-hybridized carbons (Fsp3) is 0.353. The number of aliphatic carboxylic acids is 1. The molecule has 124 valence electrons. The molecule has 0 saturated carbocycles. The fourth-order valence-corrected chi connectivity index (χ4v) is 1.83. The van der Waals surface area contributed by atoms with Gasteiger partial charge in [-0.05, 0) is 39.3 Å². The molecule has 2 unspecified atom stereocenters. The van der Waals surface area contributed by atoms with Crippen molar-refractivity contribution in [3.63, 3.8) is 0 Å². The first-order valence-corrected chi connectivity index (χ1v) is 7.27. The lowest BCUT2D eigenvalue weighted by atomic mass is 10.1. The van der Waals surface area contributed by atoms with Gasteiger partial charge in [0.15, 0.2) is 11.9 Å². The molecule has 1 aromatic carbocycles. The van der Waals surface area contributed by atoms with Crippen molar-refractivity contribution in [3.05, 3.63) is 42.0 Å². The van der Waals surface area contributed by atoms with E-state index in [0.29, 0.717) is 11.3 Å². The summed E-state index contributed by atoms with van der Waals surface area (Å²) in [4.78, 5) is 34.5. The summed E-state index contributed by atoms with van der Waals surface area (Å²) in [6, 6.07) is 5.47. The largest absolute Gasteiger partial charge is 0.481 e. The minimum Gasteiger partial charge on any atom is -0.481 e. The van der Waals surface area contributed by atoms with Crippen LogP contribution < -0.4 is 10.1 Å². The second kappa shape index (κ2) is 8.73. The van der Waals surface area contributed by atoms with Crippen molar-refractivity contribution in [2.24, 2.45) is 0 Å². The van der Waals surface area contributed by atoms with Crippen LogP contribution in [0.15, 0.2) is 36.4 Å². The van der Waals surface area contributed by atoms with Gasteiger partial charge in [0, 0.05) is 5.56 Å². The standard InChI is InChI=1S/C17H21NO5/c1-4-5-9-15(17(21)22)18-16(20)12(3)23-14-8-6-7-13(10-14)11(2)19/h4-8,10,12,15H,9H2,1-3H3,(H,18,20)(H,21,22)/b5-4+. The lowest BCUT2D eigenvalue weighted by molar-refractivity contribution is -0.142. The molecular formula is C17H21NO5. The lowest BCUT2D eigenvalue weighted by Crippen LogP contribution is -2.46. The van der Waals surface area contributed by atoms with Gasteiger partial charge in [-0.3, -0.25) is 9.59 Å². The normalized spacial score (nSPS) is 13.3. The number of carboxylic acids is 1. The van der Waals surface area contributed by atoms with Crippen LogP contribution in [0.3, 0.4) is 0 Å². The van der Waals surface area contributed by atoms with E-state index in [4.69, 9.17) is 9.84 Å². The summed E-state index contributed by atoms with van der Waals surface area (Å²) in [5.41, 5.74) is 0.478. The van der Waals surface area contributed by atoms with E-state index in [1.165, 1.54) is 13.8 Å². The van der Waals surface area contributed by atoms with Gasteiger partial charge in [0.2, 0.25) is 0 Å². The van der Waals surface area contributed by atoms with Crippen molar-refractivity contribution in [3.8, 4) is 5.75 Å². The Morgan fingerprint density at radius 3 is 2.61 bits per heavy atom. The summed E-state index contributed by atoms with van der Waals surface area (Å²) in [7, 11) is 0. The van der Waals surface area contributed by atoms with Crippen molar-refractivity contribution in [2.45, 2.75) is 39.3 Å². The first kappa shape index (κ1) is 18.4. The summed E-state index contributed by atoms with van der Waals surface area (Å²) in [5.74, 6) is -1.37. The van der Waals surface area contributed by atoms with Crippen molar-refractivity contribution >= 4 is 17.7 Å². The molecule has 0 spiro atoms. The van der Waals surface area contributed by atoms with Crippen LogP contribution in [0, 0.1) is 0 Å². The number of amides is 1. The minimum atomic E-state index is -1.11. The number of ketones is 1. The van der Waals surface area contributed by atoms with Gasteiger partial charge in [-0.15, -0.1) is 0 Å². The molecule has 6 nitrogen and oxygen atoms in total. The third-order valence-electron chi connectivity index (χ3n) is 3.14. The number of carboxylic acid groups (broad SMARTS) is 1. The molecule has 2 N–H and O–H groups in total. The second-order valence-electron chi connectivity index (χ2n) is 5.05. The molecular weight excluding hydrogens is 298 g/mol. The van der Waals surface area contributed by atoms with E-state index < -0.39 is 24.0 Å². The van der Waals surface area contributed by atoms with Gasteiger partial charge in [0.05, 0.1) is 0 Å². The number of rotatable bonds is 8. The van der Waals surface area contributed by atoms with Crippen molar-refractivity contribution in [1.82, 2.24) is 5.32 Å². The third-order valence-corrected chi connectivity index (χ3v) is 3.14. The molecule has 0 aliphatic carbocycles. The number of carbonyl (C=O) groups is 3. The maximum Gasteiger partial charge on any atom is 0.326 e. The van der Waals surface area contributed by atoms with E-state index in [1.807, 2.05) is 0 Å². The van der Waals surface area contributed by atoms with Crippen LogP contribution in [-0.4, -0.2) is 34.9 Å². The topological polar surface area (TPSA) is 92.7 Å². The molecule has 0 fully saturated rings. The van der Waals surface area contributed by atoms with Gasteiger partial charge < -0.3 is 15.2 Å². The maximum atomic E-state index is 12.1. The van der Waals surface area contributed by atoms with E-state index >= 15 is 0 Å². The van der Waals surface area contributed by atoms with E-state index in [1.54, 1.807) is 43.3 Å². The molecule has 0 saturated heterocycles. The number of hydrogen-bond acceptors (Lipinski definition) is 4. The van der Waals surface area contributed by atoms with Gasteiger partial charge in [0.1, 0.15) is 11.8 Å². The minimum absolute atomic E-state index is 0.107. The first-order chi connectivity index (χ1) is 10.8. The van der Waals surface area contributed by atoms with Crippen molar-refractivity contribution in [2.75, 3.05) is 0 Å². The third kappa shape index (κ3) is 5.94. The van der Waals surface area contributed by atoms with Crippen LogP contribution in [0.4, 0.5) is 0 Å². The highest BCUT2D eigenvalue weighted by Gasteiger charge is 2.23. The van der Waals surface area contributed by atoms with E-state index in [-0.39, 0.29) is 12.2 Å². The number of hydrogen-bond donors (Lipinski definition) is 2. The highest BCUT2D eigenvalue weighted by molar-refractivity contribution is 5.94. The van der Waals surface area contributed by atoms with Gasteiger partial charge in [0.25, 0.3) is 5.91 Å². The van der Waals surface area contributed by atoms with Crippen LogP contribution in [0.2, 0.25) is 0 Å². The van der Waals surface area contributed by atoms with Crippen LogP contribution in [0.25, 0.3) is 0 Å². The zero-order valence-electron chi connectivity index (χ0n) is 13.4. The van der Waals surface area contributed by atoms with Gasteiger partial charge >= 0.3 is 5.97 Å². The Morgan fingerprint density at radius 2 is 2.04 bits per heavy atom. The Kier molecular flexibility index (Phi) is 6.99. The molecule has 6 heteroatoms. The fourth-order valence-electron chi connectivity index (χ4n) is 1.83. The Hall–Kier alpha value is -2.63. The first-order valence-electron chi connectivity index (χ1n) is 7.27. The molecule has 1 amide bonds. The predicted molar refractivity (Wildman–Crippen MR) is 85.5 cm³/mol. The Morgan fingerprint density at radius 1 is 1.35 bits per heavy atom. The highest BCUT2D eigenvalue weighted by Crippen LogP contribution is 2.15. The molecule has 0 radical (unpaired) electrons. The Balaban J connectivity index is 2.71. The van der Waals surface area contributed by atoms with Crippen molar-refractivity contribution in [1.29, 1.82) is 0 Å². The number of Topliss-reactive ketones (excluding diaryl/α,β-unsaturated/α-hetero) is 1. The van der Waals surface area contributed by atoms with Gasteiger partial charge in [-0.1, -0.05) is 24.3 Å². The monoisotopic (exact) mass is 319 g/mol. The molecule has 0 aliphatic rings. The van der Waals surface area contributed by atoms with E-state index in [9.17, 15) is 14.4 Å². The van der Waals surface area contributed by atoms with Gasteiger partial charge in [-0.25, -0.2) is 4.79 Å². The SMILES string of the molecule is C/C=C/CC(NC(=O)C(C)Oc1cccc(C(C)=O)c1)C(=O)O. The quantitative estimate of drug-likeness (QED) is 0.566. The summed E-state index contributed by atoms with van der Waals surface area (Å²) >= 11 is 0. The number of allylic oxidation sites excluding steroid dienone is 1. The molecule has 0 aromatic heterocycles. The summed E-state index contributed by atoms with van der Waals surface area (Å²) in [5, 5.41) is 11.5. The van der Waals surface area contributed by atoms with Crippen molar-refractivity contribution < 1.29 is 24.2 Å². The van der Waals surface area contributed by atoms with Crippen LogP contribution in [0.1, 0.15) is 37.6 Å². The molecule has 1 rings (SSSR count). The molecule has 0 heterocycles. The maximum absolute atomic E-state index is 12.1. The average Bonchev–Trinajstić information content (AvgIpc) is 2.51. The Bertz CT molecular complexity index is 609. The highest BCUT2D eigenvalue weighted by atomic mass is 16.5. The van der Waals surface area contributed by atoms with E-state index in [0.717, 1.165) is 0 Å². The number of ether oxygens (including phenoxy) is 1. The average molecular weight is 319 g/mol. The van der Waals surface area contributed by atoms with Crippen LogP contribution >= 0.6 is 0 Å². The summed E-state index contributed by atoms with van der Waals surface area (Å²) in [6.07, 6.45) is 2.70. The second-order valence-corrected chi connectivity index (χ2v) is 5.05. The molecule has 0 bridgehead atoms. The molecule has 2 atom stereocenters. The summed E-state index contributed by atoms with van der Waals surface area (Å²) < 4.78 is 5.48. The molecule has 1 aromatic rings. The van der Waals surface area contributed by atoms with E-state index in [2.05, 4.69) is 5.32 Å². The van der Waals surface area contributed by atoms with Crippen LogP contribution in [-0.2, 0) is 9.59 Å². The number of nitrogens with one attached hydrogen (secondary N) is 1. The lowest BCUT2D eigenvalue weighted by Gasteiger charge is -2.18. The molecule has 23 heavy (non-hydrogen) atoms. The van der Waals surface area contributed by atoms with Crippen LogP contribution in [0.5, 0.6) is 5.75 Å².